The molecule has 0 aromatic carbocycles. The third-order valence-electron chi connectivity index (χ3n) is 2.31. The molecule has 0 bridgehead atoms. The van der Waals surface area contributed by atoms with Crippen LogP contribution in [0.3, 0.4) is 0 Å². The van der Waals surface area contributed by atoms with Crippen molar-refractivity contribution in [1.29, 1.82) is 0 Å². The highest BCUT2D eigenvalue weighted by molar-refractivity contribution is 5.91. The maximum Gasteiger partial charge on any atom is 0.146 e. The molecule has 0 saturated heterocycles. The van der Waals surface area contributed by atoms with Crippen molar-refractivity contribution in [3.8, 4) is 0 Å². The van der Waals surface area contributed by atoms with E-state index in [9.17, 15) is 4.79 Å². The van der Waals surface area contributed by atoms with Crippen LogP contribution in [0.5, 0.6) is 0 Å². The normalized spacial score (nSPS) is 26.4. The Morgan fingerprint density at radius 1 is 1.67 bits per heavy atom. The maximum atomic E-state index is 10.5. The Labute approximate surface area is 70.8 Å². The Bertz CT molecular complexity index is 312. The van der Waals surface area contributed by atoms with Gasteiger partial charge < -0.3 is 0 Å². The molecule has 1 aliphatic carbocycles. The number of nitrogens with zero attached hydrogens (tertiary/aromatic N) is 1. The molecule has 0 spiro atoms. The van der Waals surface area contributed by atoms with Crippen LogP contribution in [-0.4, -0.2) is 12.0 Å². The second-order valence-electron chi connectivity index (χ2n) is 3.10. The van der Waals surface area contributed by atoms with Gasteiger partial charge in [0, 0.05) is 17.3 Å². The van der Waals surface area contributed by atoms with E-state index in [4.69, 9.17) is 0 Å². The zero-order valence-corrected chi connectivity index (χ0v) is 6.87. The molecule has 12 heavy (non-hydrogen) atoms. The number of hydrazone groups is 1. The fraction of sp³-hybridized carbons (Fsp3) is 0.333. The van der Waals surface area contributed by atoms with Crippen molar-refractivity contribution in [2.24, 2.45) is 11.0 Å². The lowest BCUT2D eigenvalue weighted by molar-refractivity contribution is -0.105. The van der Waals surface area contributed by atoms with Crippen molar-refractivity contribution in [2.75, 3.05) is 0 Å². The van der Waals surface area contributed by atoms with Crippen LogP contribution in [0.25, 0.3) is 0 Å². The van der Waals surface area contributed by atoms with Gasteiger partial charge in [-0.15, -0.1) is 0 Å². The number of carbonyl (C=O) groups excluding carboxylic acids is 1. The van der Waals surface area contributed by atoms with Gasteiger partial charge in [0.2, 0.25) is 0 Å². The Morgan fingerprint density at radius 3 is 3.25 bits per heavy atom. The summed E-state index contributed by atoms with van der Waals surface area (Å²) in [5, 5.41) is 4.10. The summed E-state index contributed by atoms with van der Waals surface area (Å²) >= 11 is 0. The minimum Gasteiger partial charge on any atom is -0.298 e. The summed E-state index contributed by atoms with van der Waals surface area (Å²) in [6.07, 6.45) is 5.48. The standard InChI is InChI=1S/C9H10N2O/c1-6-8-4-7(5-12)2-3-9(8)11-10-6/h2-3,5,8,11H,4H2,1H3. The Hall–Kier alpha value is -1.38. The largest absolute Gasteiger partial charge is 0.298 e. The average molecular weight is 162 g/mol. The number of aldehydes is 1. The molecule has 1 unspecified atom stereocenters. The minimum absolute atomic E-state index is 0.315. The lowest BCUT2D eigenvalue weighted by atomic mass is 9.90. The van der Waals surface area contributed by atoms with Crippen molar-refractivity contribution in [1.82, 2.24) is 5.43 Å². The molecule has 0 fully saturated rings. The molecule has 0 radical (unpaired) electrons. The van der Waals surface area contributed by atoms with Gasteiger partial charge in [0.15, 0.2) is 0 Å². The third-order valence-corrected chi connectivity index (χ3v) is 2.31. The number of allylic oxidation sites excluding steroid dienone is 4. The number of nitrogens with one attached hydrogen (secondary N) is 1. The predicted molar refractivity (Wildman–Crippen MR) is 46.6 cm³/mol. The topological polar surface area (TPSA) is 41.5 Å². The Kier molecular flexibility index (Phi) is 1.57. The molecule has 1 N–H and O–H groups in total. The van der Waals surface area contributed by atoms with Gasteiger partial charge in [0.1, 0.15) is 6.29 Å². The molecule has 3 heteroatoms. The van der Waals surface area contributed by atoms with Gasteiger partial charge in [-0.2, -0.15) is 5.10 Å². The zero-order chi connectivity index (χ0) is 8.55. The SMILES string of the molecule is CC1=NNC2=CC=C(C=O)CC21. The van der Waals surface area contributed by atoms with Gasteiger partial charge in [-0.25, -0.2) is 0 Å². The van der Waals surface area contributed by atoms with Gasteiger partial charge in [-0.1, -0.05) is 6.08 Å². The maximum absolute atomic E-state index is 10.5. The second-order valence-corrected chi connectivity index (χ2v) is 3.10. The summed E-state index contributed by atoms with van der Waals surface area (Å²) in [6.45, 7) is 1.98. The Morgan fingerprint density at radius 2 is 2.50 bits per heavy atom. The highest BCUT2D eigenvalue weighted by atomic mass is 16.1. The van der Waals surface area contributed by atoms with Crippen molar-refractivity contribution in [3.63, 3.8) is 0 Å². The van der Waals surface area contributed by atoms with Crippen molar-refractivity contribution in [2.45, 2.75) is 13.3 Å². The fourth-order valence-corrected chi connectivity index (χ4v) is 1.53. The Balaban J connectivity index is 2.28. The minimum atomic E-state index is 0.315. The van der Waals surface area contributed by atoms with Crippen LogP contribution in [0.15, 0.2) is 28.5 Å². The summed E-state index contributed by atoms with van der Waals surface area (Å²) in [5.74, 6) is 0.315. The lowest BCUT2D eigenvalue weighted by Crippen LogP contribution is -2.15. The van der Waals surface area contributed by atoms with E-state index in [2.05, 4.69) is 10.5 Å². The summed E-state index contributed by atoms with van der Waals surface area (Å²) < 4.78 is 0. The predicted octanol–water partition coefficient (Wildman–Crippen LogP) is 0.995. The molecule has 0 saturated carbocycles. The third kappa shape index (κ3) is 0.978. The van der Waals surface area contributed by atoms with Crippen LogP contribution in [-0.2, 0) is 4.79 Å². The summed E-state index contributed by atoms with van der Waals surface area (Å²) in [4.78, 5) is 10.5. The van der Waals surface area contributed by atoms with Gasteiger partial charge in [-0.3, -0.25) is 10.2 Å². The van der Waals surface area contributed by atoms with Gasteiger partial charge in [0.05, 0.1) is 0 Å². The van der Waals surface area contributed by atoms with Crippen LogP contribution >= 0.6 is 0 Å². The van der Waals surface area contributed by atoms with Crippen LogP contribution in [0.4, 0.5) is 0 Å². The lowest BCUT2D eigenvalue weighted by Gasteiger charge is -2.14. The molecular formula is C9H10N2O. The van der Waals surface area contributed by atoms with Crippen LogP contribution in [0, 0.1) is 5.92 Å². The number of hydrogen-bond acceptors (Lipinski definition) is 3. The van der Waals surface area contributed by atoms with E-state index in [1.165, 1.54) is 0 Å². The fourth-order valence-electron chi connectivity index (χ4n) is 1.53. The molecular weight excluding hydrogens is 152 g/mol. The number of rotatable bonds is 1. The molecule has 2 rings (SSSR count). The molecule has 0 aromatic rings. The van der Waals surface area contributed by atoms with E-state index in [1.807, 2.05) is 19.1 Å². The average Bonchev–Trinajstić information content (AvgIpc) is 2.47. The molecule has 62 valence electrons. The monoisotopic (exact) mass is 162 g/mol. The molecule has 1 atom stereocenters. The van der Waals surface area contributed by atoms with Crippen molar-refractivity contribution >= 4 is 12.0 Å². The smallest absolute Gasteiger partial charge is 0.146 e. The number of fused-ring (bicyclic) bond motifs is 1. The van der Waals surface area contributed by atoms with E-state index in [0.717, 1.165) is 29.7 Å². The van der Waals surface area contributed by atoms with Gasteiger partial charge in [-0.05, 0) is 25.0 Å². The second kappa shape index (κ2) is 2.59. The molecule has 3 nitrogen and oxygen atoms in total. The zero-order valence-electron chi connectivity index (χ0n) is 6.87. The first-order valence-corrected chi connectivity index (χ1v) is 3.97. The van der Waals surface area contributed by atoms with Crippen molar-refractivity contribution in [3.05, 3.63) is 23.4 Å². The van der Waals surface area contributed by atoms with Crippen LogP contribution in [0.2, 0.25) is 0 Å². The first-order valence-electron chi connectivity index (χ1n) is 3.97. The molecule has 0 amide bonds. The van der Waals surface area contributed by atoms with E-state index < -0.39 is 0 Å². The summed E-state index contributed by atoms with van der Waals surface area (Å²) in [5.41, 5.74) is 5.96. The van der Waals surface area contributed by atoms with E-state index in [-0.39, 0.29) is 0 Å². The van der Waals surface area contributed by atoms with Gasteiger partial charge >= 0.3 is 0 Å². The molecule has 1 heterocycles. The highest BCUT2D eigenvalue weighted by Gasteiger charge is 2.25. The highest BCUT2D eigenvalue weighted by Crippen LogP contribution is 2.27. The summed E-state index contributed by atoms with van der Waals surface area (Å²) in [7, 11) is 0. The van der Waals surface area contributed by atoms with Crippen LogP contribution < -0.4 is 5.43 Å². The summed E-state index contributed by atoms with van der Waals surface area (Å²) in [6, 6.07) is 0. The van der Waals surface area contributed by atoms with E-state index in [1.54, 1.807) is 0 Å². The first kappa shape index (κ1) is 7.28. The first-order chi connectivity index (χ1) is 5.81. The number of hydrogen-bond donors (Lipinski definition) is 1. The molecule has 1 aliphatic heterocycles. The number of carbonyl (C=O) groups is 1. The van der Waals surface area contributed by atoms with Gasteiger partial charge in [0.25, 0.3) is 0 Å². The molecule has 2 aliphatic rings. The quantitative estimate of drug-likeness (QED) is 0.584. The van der Waals surface area contributed by atoms with E-state index in [0.29, 0.717) is 5.92 Å². The van der Waals surface area contributed by atoms with Crippen molar-refractivity contribution < 1.29 is 4.79 Å². The van der Waals surface area contributed by atoms with Crippen LogP contribution in [0.1, 0.15) is 13.3 Å². The molecule has 0 aromatic heterocycles. The van der Waals surface area contributed by atoms with E-state index >= 15 is 0 Å².